The Labute approximate surface area is 112 Å². The third-order valence-corrected chi connectivity index (χ3v) is 2.72. The molecule has 0 fully saturated rings. The number of fused-ring (bicyclic) bond motifs is 3. The zero-order chi connectivity index (χ0) is 12.3. The van der Waals surface area contributed by atoms with Crippen molar-refractivity contribution in [3.05, 3.63) is 47.7 Å². The van der Waals surface area contributed by atoms with E-state index in [1.54, 1.807) is 12.4 Å². The summed E-state index contributed by atoms with van der Waals surface area (Å²) in [6, 6.07) is 9.64. The van der Waals surface area contributed by atoms with Crippen molar-refractivity contribution in [1.82, 2.24) is 9.97 Å². The van der Waals surface area contributed by atoms with E-state index in [0.29, 0.717) is 0 Å². The third kappa shape index (κ3) is 2.22. The van der Waals surface area contributed by atoms with Crippen LogP contribution < -0.4 is 0 Å². The van der Waals surface area contributed by atoms with Crippen LogP contribution in [0.25, 0.3) is 21.8 Å². The average molecular weight is 282 g/mol. The predicted molar refractivity (Wildman–Crippen MR) is 62.7 cm³/mol. The van der Waals surface area contributed by atoms with Crippen molar-refractivity contribution in [2.45, 2.75) is 0 Å². The van der Waals surface area contributed by atoms with E-state index in [2.05, 4.69) is 9.97 Å². The quantitative estimate of drug-likeness (QED) is 0.594. The van der Waals surface area contributed by atoms with Crippen molar-refractivity contribution >= 4 is 33.4 Å². The molecule has 3 rings (SSSR count). The number of pyridine rings is 2. The number of hydrogen-bond donors (Lipinski definition) is 0. The summed E-state index contributed by atoms with van der Waals surface area (Å²) in [4.78, 5) is 8.65. The van der Waals surface area contributed by atoms with Gasteiger partial charge in [-0.15, -0.1) is 0 Å². The molecular formula is C12H7ClN2OV. The molecule has 17 heavy (non-hydrogen) atoms. The summed E-state index contributed by atoms with van der Waals surface area (Å²) in [7, 11) is 0. The summed E-state index contributed by atoms with van der Waals surface area (Å²) in [5, 5.41) is 2.69. The molecule has 0 saturated heterocycles. The molecule has 0 N–H and O–H groups in total. The SMILES string of the molecule is Clc1cc2cccnc2c2ncccc12.[O]=[V]. The van der Waals surface area contributed by atoms with Gasteiger partial charge in [-0.25, -0.2) is 0 Å². The molecule has 2 aromatic heterocycles. The van der Waals surface area contributed by atoms with Crippen LogP contribution in [0.2, 0.25) is 5.02 Å². The molecule has 0 spiro atoms. The van der Waals surface area contributed by atoms with Crippen LogP contribution in [-0.4, -0.2) is 9.97 Å². The minimum absolute atomic E-state index is 0.721. The second-order valence-electron chi connectivity index (χ2n) is 3.33. The Morgan fingerprint density at radius 2 is 1.65 bits per heavy atom. The first-order chi connectivity index (χ1) is 8.36. The van der Waals surface area contributed by atoms with Gasteiger partial charge in [0.25, 0.3) is 0 Å². The van der Waals surface area contributed by atoms with Gasteiger partial charge in [0, 0.05) is 23.2 Å². The van der Waals surface area contributed by atoms with E-state index in [1.807, 2.05) is 30.3 Å². The van der Waals surface area contributed by atoms with Crippen LogP contribution in [0, 0.1) is 0 Å². The van der Waals surface area contributed by atoms with Gasteiger partial charge in [0.2, 0.25) is 0 Å². The van der Waals surface area contributed by atoms with Gasteiger partial charge in [0.1, 0.15) is 0 Å². The molecule has 3 aromatic rings. The Balaban J connectivity index is 0.000000514. The summed E-state index contributed by atoms with van der Waals surface area (Å²) in [5.74, 6) is 0. The van der Waals surface area contributed by atoms with E-state index in [9.17, 15) is 0 Å². The van der Waals surface area contributed by atoms with E-state index in [-0.39, 0.29) is 0 Å². The average Bonchev–Trinajstić information content (AvgIpc) is 2.42. The standard InChI is InChI=1S/C12H7ClN2.O.V/c13-10-7-8-3-1-5-14-11(8)12-9(10)4-2-6-15-12;;/h1-7H;;. The van der Waals surface area contributed by atoms with Gasteiger partial charge in [-0.2, -0.15) is 0 Å². The number of rotatable bonds is 0. The molecule has 0 aliphatic rings. The molecule has 0 bridgehead atoms. The van der Waals surface area contributed by atoms with Crippen molar-refractivity contribution in [3.63, 3.8) is 0 Å². The summed E-state index contributed by atoms with van der Waals surface area (Å²) >= 11 is 7.23. The van der Waals surface area contributed by atoms with Crippen molar-refractivity contribution < 1.29 is 21.0 Å². The molecule has 2 heterocycles. The Kier molecular flexibility index (Phi) is 3.84. The molecule has 5 heteroatoms. The van der Waals surface area contributed by atoms with Gasteiger partial charge >= 0.3 is 21.0 Å². The number of aromatic nitrogens is 2. The number of halogens is 1. The fourth-order valence-corrected chi connectivity index (χ4v) is 2.00. The molecule has 0 radical (unpaired) electrons. The first kappa shape index (κ1) is 12.2. The van der Waals surface area contributed by atoms with Gasteiger partial charge in [-0.1, -0.05) is 17.7 Å². The van der Waals surface area contributed by atoms with Crippen LogP contribution in [0.1, 0.15) is 0 Å². The topological polar surface area (TPSA) is 42.9 Å². The molecule has 0 unspecified atom stereocenters. The molecule has 0 saturated carbocycles. The summed E-state index contributed by atoms with van der Waals surface area (Å²) in [6.07, 6.45) is 3.52. The molecule has 0 atom stereocenters. The first-order valence-electron chi connectivity index (χ1n) is 4.82. The summed E-state index contributed by atoms with van der Waals surface area (Å²) in [6.45, 7) is 0. The van der Waals surface area contributed by atoms with Crippen LogP contribution in [0.4, 0.5) is 0 Å². The van der Waals surface area contributed by atoms with Crippen LogP contribution in [0.5, 0.6) is 0 Å². The Bertz CT molecular complexity index is 675. The second-order valence-corrected chi connectivity index (χ2v) is 3.74. The minimum atomic E-state index is 0.721. The Hall–Kier alpha value is -1.29. The van der Waals surface area contributed by atoms with Crippen molar-refractivity contribution in [2.75, 3.05) is 0 Å². The van der Waals surface area contributed by atoms with Gasteiger partial charge in [-0.3, -0.25) is 9.97 Å². The molecule has 0 amide bonds. The fourth-order valence-electron chi connectivity index (χ4n) is 1.73. The summed E-state index contributed by atoms with van der Waals surface area (Å²) in [5.41, 5.74) is 1.76. The molecule has 83 valence electrons. The molecule has 0 aliphatic heterocycles. The molecular weight excluding hydrogens is 275 g/mol. The second kappa shape index (κ2) is 5.36. The van der Waals surface area contributed by atoms with E-state index in [1.165, 1.54) is 0 Å². The third-order valence-electron chi connectivity index (χ3n) is 2.41. The monoisotopic (exact) mass is 281 g/mol. The van der Waals surface area contributed by atoms with Gasteiger partial charge in [0.15, 0.2) is 0 Å². The van der Waals surface area contributed by atoms with Gasteiger partial charge in [0.05, 0.1) is 16.1 Å². The fraction of sp³-hybridized carbons (Fsp3) is 0. The first-order valence-corrected chi connectivity index (χ1v) is 5.77. The normalized spacial score (nSPS) is 9.88. The zero-order valence-corrected chi connectivity index (χ0v) is 10.8. The van der Waals surface area contributed by atoms with Crippen LogP contribution >= 0.6 is 11.6 Å². The van der Waals surface area contributed by atoms with Crippen molar-refractivity contribution in [3.8, 4) is 0 Å². The van der Waals surface area contributed by atoms with Crippen LogP contribution in [0.3, 0.4) is 0 Å². The Morgan fingerprint density at radius 1 is 1.00 bits per heavy atom. The molecule has 3 nitrogen and oxygen atoms in total. The maximum atomic E-state index is 8.19. The number of benzene rings is 1. The Morgan fingerprint density at radius 3 is 2.41 bits per heavy atom. The zero-order valence-electron chi connectivity index (χ0n) is 8.67. The number of hydrogen-bond acceptors (Lipinski definition) is 3. The van der Waals surface area contributed by atoms with E-state index < -0.39 is 0 Å². The van der Waals surface area contributed by atoms with Crippen molar-refractivity contribution in [1.29, 1.82) is 0 Å². The van der Waals surface area contributed by atoms with Gasteiger partial charge in [-0.05, 0) is 24.3 Å². The maximum absolute atomic E-state index is 8.19. The van der Waals surface area contributed by atoms with Crippen LogP contribution in [0.15, 0.2) is 42.7 Å². The van der Waals surface area contributed by atoms with Crippen LogP contribution in [-0.2, 0) is 21.0 Å². The predicted octanol–water partition coefficient (Wildman–Crippen LogP) is 3.32. The van der Waals surface area contributed by atoms with E-state index in [4.69, 9.17) is 15.3 Å². The van der Waals surface area contributed by atoms with Crippen molar-refractivity contribution in [2.24, 2.45) is 0 Å². The van der Waals surface area contributed by atoms with E-state index >= 15 is 0 Å². The van der Waals surface area contributed by atoms with Gasteiger partial charge < -0.3 is 0 Å². The molecule has 0 aliphatic carbocycles. The molecule has 1 aromatic carbocycles. The number of nitrogens with zero attached hydrogens (tertiary/aromatic N) is 2. The van der Waals surface area contributed by atoms with E-state index in [0.717, 1.165) is 44.2 Å². The summed E-state index contributed by atoms with van der Waals surface area (Å²) < 4.78 is 8.19.